The van der Waals surface area contributed by atoms with Gasteiger partial charge in [0.1, 0.15) is 0 Å². The highest BCUT2D eigenvalue weighted by molar-refractivity contribution is 5.95. The largest absolute Gasteiger partial charge is 0.348 e. The van der Waals surface area contributed by atoms with Crippen LogP contribution in [0.5, 0.6) is 0 Å². The number of carbonyl (C=O) groups is 2. The summed E-state index contributed by atoms with van der Waals surface area (Å²) in [6.45, 7) is 1.88. The van der Waals surface area contributed by atoms with Gasteiger partial charge in [0.2, 0.25) is 5.91 Å². The average molecular weight is 347 g/mol. The highest BCUT2D eigenvalue weighted by Gasteiger charge is 2.21. The van der Waals surface area contributed by atoms with Gasteiger partial charge >= 0.3 is 0 Å². The maximum atomic E-state index is 12.5. The molecule has 0 spiro atoms. The molecule has 1 saturated heterocycles. The predicted molar refractivity (Wildman–Crippen MR) is 99.7 cm³/mol. The fourth-order valence-electron chi connectivity index (χ4n) is 3.42. The van der Waals surface area contributed by atoms with E-state index in [9.17, 15) is 9.59 Å². The van der Waals surface area contributed by atoms with E-state index in [4.69, 9.17) is 0 Å². The van der Waals surface area contributed by atoms with Crippen molar-refractivity contribution in [3.63, 3.8) is 0 Å². The number of rotatable bonds is 5. The Morgan fingerprint density at radius 2 is 1.88 bits per heavy atom. The van der Waals surface area contributed by atoms with Crippen molar-refractivity contribution in [1.29, 1.82) is 0 Å². The standard InChI is InChI=1S/C21H21N3O2/c25-20-9-5-11-24(20)14-17-7-2-1-6-16(17)13-22-21(26)18-12-19-8-3-4-10-23(19)15-18/h1-4,6-8,10,12,15H,5,9,11,13-14H2,(H,22,26). The first kappa shape index (κ1) is 16.4. The number of hydrogen-bond donors (Lipinski definition) is 1. The van der Waals surface area contributed by atoms with Crippen molar-refractivity contribution in [3.05, 3.63) is 77.6 Å². The quantitative estimate of drug-likeness (QED) is 0.771. The fourth-order valence-corrected chi connectivity index (χ4v) is 3.42. The van der Waals surface area contributed by atoms with Crippen LogP contribution in [-0.4, -0.2) is 27.7 Å². The van der Waals surface area contributed by atoms with E-state index in [0.717, 1.165) is 29.6 Å². The topological polar surface area (TPSA) is 53.8 Å². The third-order valence-electron chi connectivity index (χ3n) is 4.86. The van der Waals surface area contributed by atoms with Gasteiger partial charge in [-0.2, -0.15) is 0 Å². The monoisotopic (exact) mass is 347 g/mol. The summed E-state index contributed by atoms with van der Waals surface area (Å²) in [6.07, 6.45) is 5.33. The minimum absolute atomic E-state index is 0.0965. The average Bonchev–Trinajstić information content (AvgIpc) is 3.27. The number of pyridine rings is 1. The molecule has 1 aromatic carbocycles. The van der Waals surface area contributed by atoms with Crippen LogP contribution >= 0.6 is 0 Å². The smallest absolute Gasteiger partial charge is 0.253 e. The number of nitrogens with zero attached hydrogens (tertiary/aromatic N) is 2. The van der Waals surface area contributed by atoms with Gasteiger partial charge in [-0.15, -0.1) is 0 Å². The van der Waals surface area contributed by atoms with Crippen LogP contribution in [0.2, 0.25) is 0 Å². The van der Waals surface area contributed by atoms with Crippen molar-refractivity contribution in [2.24, 2.45) is 0 Å². The minimum atomic E-state index is -0.0965. The molecule has 0 saturated carbocycles. The van der Waals surface area contributed by atoms with E-state index in [1.54, 1.807) is 0 Å². The first-order valence-corrected chi connectivity index (χ1v) is 8.90. The lowest BCUT2D eigenvalue weighted by molar-refractivity contribution is -0.128. The van der Waals surface area contributed by atoms with Gasteiger partial charge in [-0.3, -0.25) is 9.59 Å². The molecule has 3 aromatic rings. The Balaban J connectivity index is 1.45. The molecule has 4 rings (SSSR count). The Morgan fingerprint density at radius 1 is 1.08 bits per heavy atom. The number of likely N-dealkylation sites (tertiary alicyclic amines) is 1. The van der Waals surface area contributed by atoms with E-state index < -0.39 is 0 Å². The molecule has 26 heavy (non-hydrogen) atoms. The van der Waals surface area contributed by atoms with Crippen molar-refractivity contribution in [2.75, 3.05) is 6.54 Å². The molecule has 1 aliphatic heterocycles. The van der Waals surface area contributed by atoms with E-state index in [0.29, 0.717) is 25.1 Å². The molecule has 1 fully saturated rings. The Morgan fingerprint density at radius 3 is 2.65 bits per heavy atom. The first-order valence-electron chi connectivity index (χ1n) is 8.90. The number of hydrogen-bond acceptors (Lipinski definition) is 2. The summed E-state index contributed by atoms with van der Waals surface area (Å²) >= 11 is 0. The highest BCUT2D eigenvalue weighted by atomic mass is 16.2. The van der Waals surface area contributed by atoms with E-state index in [1.807, 2.05) is 70.2 Å². The molecule has 0 unspecified atom stereocenters. The molecular formula is C21H21N3O2. The van der Waals surface area contributed by atoms with Crippen LogP contribution in [0, 0.1) is 0 Å². The second-order valence-electron chi connectivity index (χ2n) is 6.63. The van der Waals surface area contributed by atoms with Gasteiger partial charge < -0.3 is 14.6 Å². The zero-order valence-electron chi connectivity index (χ0n) is 14.5. The normalized spacial score (nSPS) is 14.2. The summed E-state index contributed by atoms with van der Waals surface area (Å²) in [5.74, 6) is 0.116. The van der Waals surface area contributed by atoms with Crippen molar-refractivity contribution >= 4 is 17.3 Å². The summed E-state index contributed by atoms with van der Waals surface area (Å²) in [5, 5.41) is 3.00. The molecule has 132 valence electrons. The van der Waals surface area contributed by atoms with Crippen LogP contribution in [0.3, 0.4) is 0 Å². The van der Waals surface area contributed by atoms with Crippen LogP contribution < -0.4 is 5.32 Å². The van der Waals surface area contributed by atoms with Crippen LogP contribution in [0.1, 0.15) is 34.3 Å². The van der Waals surface area contributed by atoms with Crippen LogP contribution in [0.15, 0.2) is 60.9 Å². The van der Waals surface area contributed by atoms with Crippen LogP contribution in [0.4, 0.5) is 0 Å². The van der Waals surface area contributed by atoms with Gasteiger partial charge in [0.25, 0.3) is 5.91 Å². The van der Waals surface area contributed by atoms with Crippen molar-refractivity contribution in [2.45, 2.75) is 25.9 Å². The maximum absolute atomic E-state index is 12.5. The second-order valence-corrected chi connectivity index (χ2v) is 6.63. The number of fused-ring (bicyclic) bond motifs is 1. The minimum Gasteiger partial charge on any atom is -0.348 e. The molecule has 5 heteroatoms. The molecule has 0 atom stereocenters. The molecule has 0 radical (unpaired) electrons. The van der Waals surface area contributed by atoms with Gasteiger partial charge in [-0.05, 0) is 35.7 Å². The third-order valence-corrected chi connectivity index (χ3v) is 4.86. The van der Waals surface area contributed by atoms with Crippen molar-refractivity contribution in [1.82, 2.24) is 14.6 Å². The number of aromatic nitrogens is 1. The van der Waals surface area contributed by atoms with Crippen molar-refractivity contribution < 1.29 is 9.59 Å². The van der Waals surface area contributed by atoms with E-state index in [1.165, 1.54) is 0 Å². The molecule has 3 heterocycles. The lowest BCUT2D eigenvalue weighted by Crippen LogP contribution is -2.26. The number of nitrogens with one attached hydrogen (secondary N) is 1. The zero-order chi connectivity index (χ0) is 17.9. The summed E-state index contributed by atoms with van der Waals surface area (Å²) in [7, 11) is 0. The Hall–Kier alpha value is -3.08. The fraction of sp³-hybridized carbons (Fsp3) is 0.238. The highest BCUT2D eigenvalue weighted by Crippen LogP contribution is 2.17. The van der Waals surface area contributed by atoms with Gasteiger partial charge in [-0.1, -0.05) is 30.3 Å². The molecule has 2 aromatic heterocycles. The second kappa shape index (κ2) is 7.04. The van der Waals surface area contributed by atoms with Crippen molar-refractivity contribution in [3.8, 4) is 0 Å². The van der Waals surface area contributed by atoms with E-state index in [-0.39, 0.29) is 11.8 Å². The number of benzene rings is 1. The number of carbonyl (C=O) groups excluding carboxylic acids is 2. The Bertz CT molecular complexity index is 928. The molecular weight excluding hydrogens is 326 g/mol. The van der Waals surface area contributed by atoms with Gasteiger partial charge in [0, 0.05) is 44.0 Å². The van der Waals surface area contributed by atoms with Crippen LogP contribution in [-0.2, 0) is 17.9 Å². The lowest BCUT2D eigenvalue weighted by Gasteiger charge is -2.18. The molecule has 2 amide bonds. The lowest BCUT2D eigenvalue weighted by atomic mass is 10.1. The summed E-state index contributed by atoms with van der Waals surface area (Å²) in [5.41, 5.74) is 3.77. The van der Waals surface area contributed by atoms with Gasteiger partial charge in [-0.25, -0.2) is 0 Å². The SMILES string of the molecule is O=C(NCc1ccccc1CN1CCCC1=O)c1cc2ccccn2c1. The molecule has 1 N–H and O–H groups in total. The van der Waals surface area contributed by atoms with Gasteiger partial charge in [0.15, 0.2) is 0 Å². The molecule has 0 bridgehead atoms. The summed E-state index contributed by atoms with van der Waals surface area (Å²) < 4.78 is 1.93. The first-order chi connectivity index (χ1) is 12.7. The molecule has 1 aliphatic rings. The third kappa shape index (κ3) is 3.33. The van der Waals surface area contributed by atoms with Gasteiger partial charge in [0.05, 0.1) is 5.56 Å². The Kier molecular flexibility index (Phi) is 4.44. The molecule has 0 aliphatic carbocycles. The van der Waals surface area contributed by atoms with Crippen LogP contribution in [0.25, 0.3) is 5.52 Å². The predicted octanol–water partition coefficient (Wildman–Crippen LogP) is 2.99. The Labute approximate surface area is 152 Å². The zero-order valence-corrected chi connectivity index (χ0v) is 14.5. The molecule has 5 nitrogen and oxygen atoms in total. The summed E-state index contributed by atoms with van der Waals surface area (Å²) in [4.78, 5) is 26.3. The van der Waals surface area contributed by atoms with E-state index in [2.05, 4.69) is 5.32 Å². The maximum Gasteiger partial charge on any atom is 0.253 e. The van der Waals surface area contributed by atoms with E-state index >= 15 is 0 Å². The summed E-state index contributed by atoms with van der Waals surface area (Å²) in [6, 6.07) is 15.7. The number of amides is 2.